The minimum atomic E-state index is -0.776. The van der Waals surface area contributed by atoms with Crippen molar-refractivity contribution in [1.29, 1.82) is 0 Å². The molecule has 4 rings (SSSR count). The second-order valence-electron chi connectivity index (χ2n) is 8.42. The fourth-order valence-electron chi connectivity index (χ4n) is 4.24. The van der Waals surface area contributed by atoms with E-state index in [-0.39, 0.29) is 18.3 Å². The number of piperidine rings is 1. The number of Topliss-reactive ketones (excluding diaryl/α,β-unsaturated/α-hetero) is 1. The number of ketones is 1. The summed E-state index contributed by atoms with van der Waals surface area (Å²) in [7, 11) is 0. The van der Waals surface area contributed by atoms with Gasteiger partial charge < -0.3 is 19.1 Å². The van der Waals surface area contributed by atoms with E-state index < -0.39 is 11.8 Å². The summed E-state index contributed by atoms with van der Waals surface area (Å²) in [5.41, 5.74) is 2.78. The van der Waals surface area contributed by atoms with E-state index in [4.69, 9.17) is 14.2 Å². The van der Waals surface area contributed by atoms with Crippen LogP contribution in [-0.2, 0) is 4.74 Å². The maximum atomic E-state index is 12.9. The molecule has 7 nitrogen and oxygen atoms in total. The molecule has 32 heavy (non-hydrogen) atoms. The average molecular weight is 437 g/mol. The zero-order valence-corrected chi connectivity index (χ0v) is 18.6. The Balaban J connectivity index is 1.40. The van der Waals surface area contributed by atoms with Crippen molar-refractivity contribution in [3.63, 3.8) is 0 Å². The van der Waals surface area contributed by atoms with Crippen molar-refractivity contribution < 1.29 is 28.6 Å². The number of rotatable bonds is 3. The Hall–Kier alpha value is -3.35. The van der Waals surface area contributed by atoms with Gasteiger partial charge in [-0.15, -0.1) is 0 Å². The molecule has 0 radical (unpaired) electrons. The van der Waals surface area contributed by atoms with Gasteiger partial charge in [0.15, 0.2) is 5.78 Å². The van der Waals surface area contributed by atoms with Crippen LogP contribution in [0, 0.1) is 13.8 Å². The van der Waals surface area contributed by atoms with Gasteiger partial charge in [0.05, 0.1) is 18.6 Å². The van der Waals surface area contributed by atoms with E-state index in [1.54, 1.807) is 36.1 Å². The van der Waals surface area contributed by atoms with Gasteiger partial charge in [0.1, 0.15) is 17.1 Å². The van der Waals surface area contributed by atoms with Crippen molar-refractivity contribution in [2.45, 2.75) is 45.6 Å². The van der Waals surface area contributed by atoms with Crippen LogP contribution in [0.25, 0.3) is 0 Å². The van der Waals surface area contributed by atoms with E-state index in [0.717, 1.165) is 11.1 Å². The lowest BCUT2D eigenvalue weighted by molar-refractivity contribution is -0.00575. The first-order chi connectivity index (χ1) is 15.3. The first-order valence-electron chi connectivity index (χ1n) is 10.9. The van der Waals surface area contributed by atoms with Gasteiger partial charge in [0.2, 0.25) is 0 Å². The van der Waals surface area contributed by atoms with Gasteiger partial charge in [-0.25, -0.2) is 4.79 Å². The second-order valence-corrected chi connectivity index (χ2v) is 8.42. The van der Waals surface area contributed by atoms with E-state index in [2.05, 4.69) is 0 Å². The molecule has 2 heterocycles. The van der Waals surface area contributed by atoms with E-state index in [0.29, 0.717) is 55.0 Å². The molecule has 2 aromatic rings. The van der Waals surface area contributed by atoms with E-state index in [1.807, 2.05) is 26.0 Å². The van der Waals surface area contributed by atoms with Gasteiger partial charge >= 0.3 is 6.16 Å². The Bertz CT molecular complexity index is 1050. The number of fused-ring (bicyclic) bond motifs is 1. The highest BCUT2D eigenvalue weighted by Crippen LogP contribution is 2.40. The summed E-state index contributed by atoms with van der Waals surface area (Å²) >= 11 is 0. The standard InChI is InChI=1S/C25H27NO6/c1-4-30-24(29)31-19-7-5-18(6-8-19)23(28)26-11-9-25(10-12-26)15-21(27)20-13-16(2)17(3)14-22(20)32-25/h5-8,13-14H,4,9-12,15H2,1-3H3. The molecule has 0 saturated carbocycles. The summed E-state index contributed by atoms with van der Waals surface area (Å²) < 4.78 is 16.1. The molecule has 1 spiro atoms. The van der Waals surface area contributed by atoms with Crippen molar-refractivity contribution in [3.05, 3.63) is 58.7 Å². The normalized spacial score (nSPS) is 16.8. The molecule has 7 heteroatoms. The number of hydrogen-bond donors (Lipinski definition) is 0. The van der Waals surface area contributed by atoms with Gasteiger partial charge in [0.25, 0.3) is 5.91 Å². The maximum Gasteiger partial charge on any atom is 0.513 e. The van der Waals surface area contributed by atoms with Crippen molar-refractivity contribution in [2.75, 3.05) is 19.7 Å². The monoisotopic (exact) mass is 437 g/mol. The zero-order chi connectivity index (χ0) is 22.9. The van der Waals surface area contributed by atoms with Crippen molar-refractivity contribution in [2.24, 2.45) is 0 Å². The Kier molecular flexibility index (Phi) is 5.91. The van der Waals surface area contributed by atoms with Crippen LogP contribution in [0.5, 0.6) is 11.5 Å². The number of carbonyl (C=O) groups excluding carboxylic acids is 3. The van der Waals surface area contributed by atoms with Gasteiger partial charge in [-0.2, -0.15) is 0 Å². The lowest BCUT2D eigenvalue weighted by atomic mass is 9.81. The molecule has 1 saturated heterocycles. The molecule has 2 aliphatic heterocycles. The molecule has 168 valence electrons. The van der Waals surface area contributed by atoms with Crippen LogP contribution in [0.1, 0.15) is 58.0 Å². The first kappa shape index (κ1) is 21.9. The predicted molar refractivity (Wildman–Crippen MR) is 117 cm³/mol. The molecule has 1 amide bonds. The minimum Gasteiger partial charge on any atom is -0.486 e. The molecule has 0 bridgehead atoms. The molecule has 0 N–H and O–H groups in total. The van der Waals surface area contributed by atoms with Gasteiger partial charge in [-0.1, -0.05) is 0 Å². The smallest absolute Gasteiger partial charge is 0.486 e. The second kappa shape index (κ2) is 8.65. The predicted octanol–water partition coefficient (Wildman–Crippen LogP) is 4.48. The topological polar surface area (TPSA) is 82.1 Å². The van der Waals surface area contributed by atoms with Crippen LogP contribution in [0.15, 0.2) is 36.4 Å². The van der Waals surface area contributed by atoms with Gasteiger partial charge in [0, 0.05) is 31.5 Å². The van der Waals surface area contributed by atoms with Crippen molar-refractivity contribution in [1.82, 2.24) is 4.90 Å². The van der Waals surface area contributed by atoms with Crippen molar-refractivity contribution >= 4 is 17.8 Å². The van der Waals surface area contributed by atoms with Crippen LogP contribution in [0.3, 0.4) is 0 Å². The summed E-state index contributed by atoms with van der Waals surface area (Å²) in [5.74, 6) is 0.972. The fourth-order valence-corrected chi connectivity index (χ4v) is 4.24. The number of nitrogens with zero attached hydrogens (tertiary/aromatic N) is 1. The quantitative estimate of drug-likeness (QED) is 0.520. The summed E-state index contributed by atoms with van der Waals surface area (Å²) in [6.45, 7) is 6.94. The zero-order valence-electron chi connectivity index (χ0n) is 18.6. The molecule has 1 fully saturated rings. The minimum absolute atomic E-state index is 0.100. The van der Waals surface area contributed by atoms with Crippen molar-refractivity contribution in [3.8, 4) is 11.5 Å². The van der Waals surface area contributed by atoms with Crippen LogP contribution >= 0.6 is 0 Å². The summed E-state index contributed by atoms with van der Waals surface area (Å²) in [5, 5.41) is 0. The molecular weight excluding hydrogens is 410 g/mol. The highest BCUT2D eigenvalue weighted by Gasteiger charge is 2.43. The van der Waals surface area contributed by atoms with E-state index in [1.165, 1.54) is 0 Å². The first-order valence-corrected chi connectivity index (χ1v) is 10.9. The lowest BCUT2D eigenvalue weighted by Crippen LogP contribution is -2.52. The molecule has 0 atom stereocenters. The fraction of sp³-hybridized carbons (Fsp3) is 0.400. The molecule has 0 unspecified atom stereocenters. The largest absolute Gasteiger partial charge is 0.513 e. The van der Waals surface area contributed by atoms with Crippen LogP contribution in [0.2, 0.25) is 0 Å². The summed E-state index contributed by atoms with van der Waals surface area (Å²) in [6.07, 6.45) is 0.758. The SMILES string of the molecule is CCOC(=O)Oc1ccc(C(=O)N2CCC3(CC2)CC(=O)c2cc(C)c(C)cc2O3)cc1. The van der Waals surface area contributed by atoms with Crippen LogP contribution < -0.4 is 9.47 Å². The Morgan fingerprint density at radius 1 is 1.06 bits per heavy atom. The molecule has 2 aromatic carbocycles. The lowest BCUT2D eigenvalue weighted by Gasteiger charge is -2.44. The molecule has 2 aliphatic rings. The van der Waals surface area contributed by atoms with E-state index in [9.17, 15) is 14.4 Å². The molecule has 0 aromatic heterocycles. The Morgan fingerprint density at radius 3 is 2.38 bits per heavy atom. The average Bonchev–Trinajstić information content (AvgIpc) is 2.76. The number of amides is 1. The number of hydrogen-bond acceptors (Lipinski definition) is 6. The Morgan fingerprint density at radius 2 is 1.72 bits per heavy atom. The Labute approximate surface area is 187 Å². The number of carbonyl (C=O) groups is 3. The third-order valence-electron chi connectivity index (χ3n) is 6.23. The maximum absolute atomic E-state index is 12.9. The number of likely N-dealkylation sites (tertiary alicyclic amines) is 1. The number of benzene rings is 2. The number of ether oxygens (including phenoxy) is 3. The molecular formula is C25H27NO6. The summed E-state index contributed by atoms with van der Waals surface area (Å²) in [6, 6.07) is 10.3. The highest BCUT2D eigenvalue weighted by atomic mass is 16.7. The van der Waals surface area contributed by atoms with Crippen LogP contribution in [-0.4, -0.2) is 48.0 Å². The molecule has 0 aliphatic carbocycles. The third kappa shape index (κ3) is 4.33. The number of aryl methyl sites for hydroxylation is 2. The van der Waals surface area contributed by atoms with Crippen LogP contribution in [0.4, 0.5) is 4.79 Å². The van der Waals surface area contributed by atoms with E-state index >= 15 is 0 Å². The van der Waals surface area contributed by atoms with Gasteiger partial charge in [-0.3, -0.25) is 9.59 Å². The summed E-state index contributed by atoms with van der Waals surface area (Å²) in [4.78, 5) is 38.9. The van der Waals surface area contributed by atoms with Gasteiger partial charge in [-0.05, 0) is 68.3 Å². The highest BCUT2D eigenvalue weighted by molar-refractivity contribution is 6.00. The third-order valence-corrected chi connectivity index (χ3v) is 6.23.